The summed E-state index contributed by atoms with van der Waals surface area (Å²) in [5.74, 6) is 0. The fourth-order valence-electron chi connectivity index (χ4n) is 2.08. The molecule has 0 radical (unpaired) electrons. The third-order valence-corrected chi connectivity index (χ3v) is 2.79. The summed E-state index contributed by atoms with van der Waals surface area (Å²) in [6, 6.07) is 12.7. The van der Waals surface area contributed by atoms with Gasteiger partial charge in [-0.05, 0) is 31.0 Å². The first kappa shape index (κ1) is 10.7. The summed E-state index contributed by atoms with van der Waals surface area (Å²) in [5.41, 5.74) is 5.13. The molecule has 1 aromatic heterocycles. The Bertz CT molecular complexity index is 503. The number of rotatable bonds is 2. The first-order valence-corrected chi connectivity index (χ1v) is 5.57. The second-order valence-corrected chi connectivity index (χ2v) is 4.08. The number of nitrogens with zero attached hydrogens (tertiary/aromatic N) is 1. The standard InChI is InChI=1S/C15H17N/c1-4-14(13-8-6-5-7-9-13)15-10-12(2)11-16(15)3/h4-11H,1-3H3/b14-4-. The van der Waals surface area contributed by atoms with E-state index < -0.39 is 0 Å². The fourth-order valence-corrected chi connectivity index (χ4v) is 2.08. The predicted molar refractivity (Wildman–Crippen MR) is 69.3 cm³/mol. The molecule has 0 aliphatic heterocycles. The van der Waals surface area contributed by atoms with Crippen LogP contribution in [0.2, 0.25) is 0 Å². The van der Waals surface area contributed by atoms with Gasteiger partial charge in [-0.1, -0.05) is 36.4 Å². The van der Waals surface area contributed by atoms with Crippen LogP contribution in [0, 0.1) is 6.92 Å². The Hall–Kier alpha value is -1.76. The van der Waals surface area contributed by atoms with Crippen molar-refractivity contribution in [1.82, 2.24) is 4.57 Å². The third-order valence-electron chi connectivity index (χ3n) is 2.79. The van der Waals surface area contributed by atoms with Crippen LogP contribution in [0.15, 0.2) is 48.7 Å². The largest absolute Gasteiger partial charge is 0.350 e. The minimum absolute atomic E-state index is 1.27. The maximum absolute atomic E-state index is 2.22. The molecule has 0 saturated carbocycles. The predicted octanol–water partition coefficient (Wildman–Crippen LogP) is 3.79. The van der Waals surface area contributed by atoms with E-state index in [4.69, 9.17) is 0 Å². The second kappa shape index (κ2) is 4.40. The van der Waals surface area contributed by atoms with Crippen molar-refractivity contribution in [2.24, 2.45) is 7.05 Å². The van der Waals surface area contributed by atoms with Gasteiger partial charge in [0.25, 0.3) is 0 Å². The van der Waals surface area contributed by atoms with E-state index in [1.807, 2.05) is 6.07 Å². The minimum atomic E-state index is 1.27. The van der Waals surface area contributed by atoms with Crippen LogP contribution in [0.4, 0.5) is 0 Å². The van der Waals surface area contributed by atoms with Gasteiger partial charge >= 0.3 is 0 Å². The third kappa shape index (κ3) is 1.94. The number of aromatic nitrogens is 1. The van der Waals surface area contributed by atoms with Gasteiger partial charge in [-0.3, -0.25) is 0 Å². The minimum Gasteiger partial charge on any atom is -0.350 e. The Kier molecular flexibility index (Phi) is 2.95. The molecule has 0 N–H and O–H groups in total. The summed E-state index contributed by atoms with van der Waals surface area (Å²) in [5, 5.41) is 0. The van der Waals surface area contributed by atoms with Crippen molar-refractivity contribution >= 4 is 5.57 Å². The molecule has 0 fully saturated rings. The Morgan fingerprint density at radius 1 is 1.19 bits per heavy atom. The Labute approximate surface area is 97.0 Å². The van der Waals surface area contributed by atoms with Crippen molar-refractivity contribution in [2.75, 3.05) is 0 Å². The van der Waals surface area contributed by atoms with E-state index in [1.54, 1.807) is 0 Å². The lowest BCUT2D eigenvalue weighted by atomic mass is 10.0. The smallest absolute Gasteiger partial charge is 0.0483 e. The van der Waals surface area contributed by atoms with E-state index in [-0.39, 0.29) is 0 Å². The van der Waals surface area contributed by atoms with E-state index in [1.165, 1.54) is 22.4 Å². The molecule has 0 bridgehead atoms. The van der Waals surface area contributed by atoms with E-state index >= 15 is 0 Å². The van der Waals surface area contributed by atoms with Crippen molar-refractivity contribution in [3.8, 4) is 0 Å². The van der Waals surface area contributed by atoms with Crippen LogP contribution < -0.4 is 0 Å². The highest BCUT2D eigenvalue weighted by atomic mass is 14.9. The fraction of sp³-hybridized carbons (Fsp3) is 0.200. The zero-order chi connectivity index (χ0) is 11.5. The number of benzene rings is 1. The SMILES string of the molecule is C/C=C(/c1ccccc1)c1cc(C)cn1C. The highest BCUT2D eigenvalue weighted by Crippen LogP contribution is 2.24. The van der Waals surface area contributed by atoms with Crippen molar-refractivity contribution in [3.05, 3.63) is 65.5 Å². The number of hydrogen-bond acceptors (Lipinski definition) is 0. The lowest BCUT2D eigenvalue weighted by Gasteiger charge is -2.08. The molecule has 82 valence electrons. The number of allylic oxidation sites excluding steroid dienone is 1. The average molecular weight is 211 g/mol. The molecule has 1 heteroatoms. The molecule has 2 aromatic rings. The maximum Gasteiger partial charge on any atom is 0.0483 e. The highest BCUT2D eigenvalue weighted by molar-refractivity contribution is 5.78. The van der Waals surface area contributed by atoms with Crippen LogP contribution in [0.5, 0.6) is 0 Å². The quantitative estimate of drug-likeness (QED) is 0.712. The summed E-state index contributed by atoms with van der Waals surface area (Å²) in [7, 11) is 2.09. The molecule has 2 rings (SSSR count). The zero-order valence-electron chi connectivity index (χ0n) is 10.1. The molecule has 1 heterocycles. The van der Waals surface area contributed by atoms with Gasteiger partial charge in [0.1, 0.15) is 0 Å². The van der Waals surface area contributed by atoms with E-state index in [0.29, 0.717) is 0 Å². The van der Waals surface area contributed by atoms with Crippen LogP contribution in [0.25, 0.3) is 5.57 Å². The normalized spacial score (nSPS) is 11.8. The lowest BCUT2D eigenvalue weighted by molar-refractivity contribution is 0.906. The van der Waals surface area contributed by atoms with Gasteiger partial charge < -0.3 is 4.57 Å². The molecule has 1 nitrogen and oxygen atoms in total. The first-order valence-electron chi connectivity index (χ1n) is 5.57. The van der Waals surface area contributed by atoms with Crippen molar-refractivity contribution in [1.29, 1.82) is 0 Å². The summed E-state index contributed by atoms with van der Waals surface area (Å²) in [6.45, 7) is 4.21. The van der Waals surface area contributed by atoms with Gasteiger partial charge in [-0.25, -0.2) is 0 Å². The summed E-state index contributed by atoms with van der Waals surface area (Å²) < 4.78 is 2.18. The average Bonchev–Trinajstić information content (AvgIpc) is 2.61. The Balaban J connectivity index is 2.50. The topological polar surface area (TPSA) is 4.93 Å². The molecule has 0 unspecified atom stereocenters. The van der Waals surface area contributed by atoms with Crippen molar-refractivity contribution in [2.45, 2.75) is 13.8 Å². The summed E-state index contributed by atoms with van der Waals surface area (Å²) >= 11 is 0. The van der Waals surface area contributed by atoms with Crippen LogP contribution in [0.1, 0.15) is 23.7 Å². The molecule has 0 atom stereocenters. The van der Waals surface area contributed by atoms with Gasteiger partial charge in [0.15, 0.2) is 0 Å². The summed E-state index contributed by atoms with van der Waals surface area (Å²) in [4.78, 5) is 0. The molecular weight excluding hydrogens is 194 g/mol. The molecule has 0 aliphatic carbocycles. The van der Waals surface area contributed by atoms with Crippen LogP contribution in [-0.2, 0) is 7.05 Å². The van der Waals surface area contributed by atoms with Crippen molar-refractivity contribution < 1.29 is 0 Å². The zero-order valence-corrected chi connectivity index (χ0v) is 10.1. The maximum atomic E-state index is 2.22. The Morgan fingerprint density at radius 3 is 2.38 bits per heavy atom. The van der Waals surface area contributed by atoms with Crippen molar-refractivity contribution in [3.63, 3.8) is 0 Å². The van der Waals surface area contributed by atoms with Gasteiger partial charge in [-0.2, -0.15) is 0 Å². The first-order chi connectivity index (χ1) is 7.72. The van der Waals surface area contributed by atoms with E-state index in [9.17, 15) is 0 Å². The molecule has 1 aromatic carbocycles. The second-order valence-electron chi connectivity index (χ2n) is 4.08. The van der Waals surface area contributed by atoms with Gasteiger partial charge in [0.2, 0.25) is 0 Å². The molecule has 0 aliphatic rings. The number of aryl methyl sites for hydroxylation is 2. The lowest BCUT2D eigenvalue weighted by Crippen LogP contribution is -1.95. The highest BCUT2D eigenvalue weighted by Gasteiger charge is 2.07. The van der Waals surface area contributed by atoms with Gasteiger partial charge in [0.05, 0.1) is 0 Å². The molecule has 0 saturated heterocycles. The van der Waals surface area contributed by atoms with Gasteiger partial charge in [0, 0.05) is 24.5 Å². The van der Waals surface area contributed by atoms with Crippen LogP contribution in [0.3, 0.4) is 0 Å². The molecule has 16 heavy (non-hydrogen) atoms. The molecule has 0 amide bonds. The molecular formula is C15H17N. The van der Waals surface area contributed by atoms with Crippen LogP contribution in [-0.4, -0.2) is 4.57 Å². The van der Waals surface area contributed by atoms with E-state index in [0.717, 1.165) is 0 Å². The molecule has 0 spiro atoms. The Morgan fingerprint density at radius 2 is 1.88 bits per heavy atom. The monoisotopic (exact) mass is 211 g/mol. The van der Waals surface area contributed by atoms with E-state index in [2.05, 4.69) is 68.1 Å². The summed E-state index contributed by atoms with van der Waals surface area (Å²) in [6.07, 6.45) is 4.33. The number of hydrogen-bond donors (Lipinski definition) is 0. The van der Waals surface area contributed by atoms with Crippen LogP contribution >= 0.6 is 0 Å². The van der Waals surface area contributed by atoms with Gasteiger partial charge in [-0.15, -0.1) is 0 Å².